The molecule has 0 saturated carbocycles. The van der Waals surface area contributed by atoms with Gasteiger partial charge in [-0.1, -0.05) is 30.0 Å². The first-order chi connectivity index (χ1) is 11.7. The van der Waals surface area contributed by atoms with Crippen molar-refractivity contribution in [2.24, 2.45) is 5.41 Å². The highest BCUT2D eigenvalue weighted by Gasteiger charge is 2.37. The number of hydrogen-bond acceptors (Lipinski definition) is 3. The van der Waals surface area contributed by atoms with Crippen LogP contribution in [0.5, 0.6) is 0 Å². The number of hydrogen-bond donors (Lipinski definition) is 0. The van der Waals surface area contributed by atoms with Crippen molar-refractivity contribution in [3.63, 3.8) is 0 Å². The maximum absolute atomic E-state index is 13.2. The van der Waals surface area contributed by atoms with Gasteiger partial charge in [-0.3, -0.25) is 9.20 Å². The molecule has 0 radical (unpaired) electrons. The standard InChI is InChI=1S/C19H23N3OS/c1-24-18-20-16(15-8-3-6-13-22(15)18)17(23)21-12-7-11-19(14-21)9-4-2-5-10-19/h2-4,6,8,13H,5,7,9-12,14H2,1H3. The fourth-order valence-corrected chi connectivity index (χ4v) is 4.69. The number of allylic oxidation sites excluding steroid dienone is 2. The molecule has 0 bridgehead atoms. The first-order valence-electron chi connectivity index (χ1n) is 8.68. The van der Waals surface area contributed by atoms with Crippen LogP contribution >= 0.6 is 11.8 Å². The summed E-state index contributed by atoms with van der Waals surface area (Å²) in [6.45, 7) is 1.72. The summed E-state index contributed by atoms with van der Waals surface area (Å²) >= 11 is 1.58. The molecule has 0 aromatic carbocycles. The molecule has 3 heterocycles. The highest BCUT2D eigenvalue weighted by Crippen LogP contribution is 2.41. The van der Waals surface area contributed by atoms with Crippen LogP contribution in [-0.4, -0.2) is 39.5 Å². The van der Waals surface area contributed by atoms with Gasteiger partial charge in [0.25, 0.3) is 5.91 Å². The van der Waals surface area contributed by atoms with Crippen molar-refractivity contribution in [2.75, 3.05) is 19.3 Å². The lowest BCUT2D eigenvalue weighted by Crippen LogP contribution is -2.46. The van der Waals surface area contributed by atoms with Gasteiger partial charge in [-0.2, -0.15) is 0 Å². The van der Waals surface area contributed by atoms with Gasteiger partial charge in [0, 0.05) is 19.3 Å². The number of pyridine rings is 1. The van der Waals surface area contributed by atoms with Crippen LogP contribution in [-0.2, 0) is 0 Å². The number of likely N-dealkylation sites (tertiary alicyclic amines) is 1. The Labute approximate surface area is 146 Å². The Morgan fingerprint density at radius 2 is 2.21 bits per heavy atom. The topological polar surface area (TPSA) is 37.6 Å². The van der Waals surface area contributed by atoms with Gasteiger partial charge in [0.15, 0.2) is 10.9 Å². The van der Waals surface area contributed by atoms with Gasteiger partial charge < -0.3 is 4.90 Å². The lowest BCUT2D eigenvalue weighted by molar-refractivity contribution is 0.0481. The Bertz CT molecular complexity index is 797. The van der Waals surface area contributed by atoms with E-state index in [2.05, 4.69) is 17.1 Å². The second-order valence-corrected chi connectivity index (χ2v) is 7.72. The summed E-state index contributed by atoms with van der Waals surface area (Å²) in [5.41, 5.74) is 1.80. The summed E-state index contributed by atoms with van der Waals surface area (Å²) in [4.78, 5) is 19.9. The smallest absolute Gasteiger partial charge is 0.274 e. The van der Waals surface area contributed by atoms with Crippen LogP contribution in [0, 0.1) is 5.41 Å². The Morgan fingerprint density at radius 1 is 1.29 bits per heavy atom. The zero-order valence-electron chi connectivity index (χ0n) is 14.1. The molecule has 4 rings (SSSR count). The summed E-state index contributed by atoms with van der Waals surface area (Å²) in [5.74, 6) is 0.0904. The molecule has 1 atom stereocenters. The number of carbonyl (C=O) groups excluding carboxylic acids is 1. The molecule has 1 amide bonds. The van der Waals surface area contributed by atoms with Crippen molar-refractivity contribution in [3.8, 4) is 0 Å². The summed E-state index contributed by atoms with van der Waals surface area (Å²) in [5, 5.41) is 0.876. The van der Waals surface area contributed by atoms with Crippen molar-refractivity contribution in [2.45, 2.75) is 37.3 Å². The maximum atomic E-state index is 13.2. The average molecular weight is 341 g/mol. The third-order valence-corrected chi connectivity index (χ3v) is 6.06. The molecule has 2 aromatic rings. The van der Waals surface area contributed by atoms with Crippen LogP contribution in [0.3, 0.4) is 0 Å². The minimum absolute atomic E-state index is 0.0904. The Balaban J connectivity index is 1.65. The monoisotopic (exact) mass is 341 g/mol. The molecule has 1 aliphatic carbocycles. The predicted octanol–water partition coefficient (Wildman–Crippen LogP) is 4.02. The predicted molar refractivity (Wildman–Crippen MR) is 97.5 cm³/mol. The second kappa shape index (κ2) is 6.28. The fourth-order valence-electron chi connectivity index (χ4n) is 4.16. The van der Waals surface area contributed by atoms with E-state index < -0.39 is 0 Å². The zero-order valence-corrected chi connectivity index (χ0v) is 14.9. The zero-order chi connectivity index (χ0) is 16.6. The van der Waals surface area contributed by atoms with Gasteiger partial charge in [0.05, 0.1) is 5.52 Å². The fraction of sp³-hybridized carbons (Fsp3) is 0.474. The Kier molecular flexibility index (Phi) is 4.12. The number of fused-ring (bicyclic) bond motifs is 1. The van der Waals surface area contributed by atoms with E-state index in [4.69, 9.17) is 0 Å². The van der Waals surface area contributed by atoms with E-state index in [0.29, 0.717) is 11.1 Å². The minimum Gasteiger partial charge on any atom is -0.337 e. The number of piperidine rings is 1. The molecule has 4 nitrogen and oxygen atoms in total. The van der Waals surface area contributed by atoms with Crippen molar-refractivity contribution >= 4 is 23.2 Å². The average Bonchev–Trinajstić information content (AvgIpc) is 3.01. The molecular formula is C19H23N3OS. The van der Waals surface area contributed by atoms with Crippen LogP contribution in [0.25, 0.3) is 5.52 Å². The van der Waals surface area contributed by atoms with Crippen LogP contribution in [0.2, 0.25) is 0 Å². The molecular weight excluding hydrogens is 318 g/mol. The molecule has 2 aromatic heterocycles. The number of imidazole rings is 1. The first-order valence-corrected chi connectivity index (χ1v) is 9.90. The molecule has 24 heavy (non-hydrogen) atoms. The summed E-state index contributed by atoms with van der Waals surface area (Å²) in [7, 11) is 0. The summed E-state index contributed by atoms with van der Waals surface area (Å²) < 4.78 is 2.01. The van der Waals surface area contributed by atoms with Crippen LogP contribution < -0.4 is 0 Å². The molecule has 1 spiro atoms. The third kappa shape index (κ3) is 2.65. The van der Waals surface area contributed by atoms with Crippen molar-refractivity contribution in [1.29, 1.82) is 0 Å². The van der Waals surface area contributed by atoms with Crippen LogP contribution in [0.1, 0.15) is 42.6 Å². The van der Waals surface area contributed by atoms with Gasteiger partial charge in [0.2, 0.25) is 0 Å². The van der Waals surface area contributed by atoms with Gasteiger partial charge >= 0.3 is 0 Å². The van der Waals surface area contributed by atoms with Gasteiger partial charge in [0.1, 0.15) is 0 Å². The number of carbonyl (C=O) groups is 1. The van der Waals surface area contributed by atoms with Gasteiger partial charge in [-0.15, -0.1) is 0 Å². The van der Waals surface area contributed by atoms with Crippen molar-refractivity contribution < 1.29 is 4.79 Å². The van der Waals surface area contributed by atoms with E-state index in [-0.39, 0.29) is 5.91 Å². The molecule has 1 unspecified atom stereocenters. The normalized spacial score (nSPS) is 24.0. The van der Waals surface area contributed by atoms with E-state index in [0.717, 1.165) is 43.0 Å². The number of aromatic nitrogens is 2. The van der Waals surface area contributed by atoms with Crippen molar-refractivity contribution in [1.82, 2.24) is 14.3 Å². The number of nitrogens with zero attached hydrogens (tertiary/aromatic N) is 3. The van der Waals surface area contributed by atoms with Crippen LogP contribution in [0.4, 0.5) is 0 Å². The molecule has 126 valence electrons. The third-order valence-electron chi connectivity index (χ3n) is 5.41. The Hall–Kier alpha value is -1.75. The lowest BCUT2D eigenvalue weighted by atomic mass is 9.71. The second-order valence-electron chi connectivity index (χ2n) is 6.95. The maximum Gasteiger partial charge on any atom is 0.274 e. The van der Waals surface area contributed by atoms with E-state index >= 15 is 0 Å². The number of rotatable bonds is 2. The molecule has 5 heteroatoms. The van der Waals surface area contributed by atoms with Gasteiger partial charge in [-0.05, 0) is 55.9 Å². The molecule has 1 aliphatic heterocycles. The van der Waals surface area contributed by atoms with E-state index in [1.807, 2.05) is 40.0 Å². The summed E-state index contributed by atoms with van der Waals surface area (Å²) in [6.07, 6.45) is 14.3. The Morgan fingerprint density at radius 3 is 3.00 bits per heavy atom. The summed E-state index contributed by atoms with van der Waals surface area (Å²) in [6, 6.07) is 5.94. The van der Waals surface area contributed by atoms with E-state index in [9.17, 15) is 4.79 Å². The van der Waals surface area contributed by atoms with E-state index in [1.165, 1.54) is 12.8 Å². The SMILES string of the molecule is CSc1nc(C(=O)N2CCCC3(CC=CCC3)C2)c2ccccn12. The molecule has 1 fully saturated rings. The van der Waals surface area contributed by atoms with Gasteiger partial charge in [-0.25, -0.2) is 4.98 Å². The number of amides is 1. The molecule has 2 aliphatic rings. The lowest BCUT2D eigenvalue weighted by Gasteiger charge is -2.43. The highest BCUT2D eigenvalue weighted by molar-refractivity contribution is 7.98. The van der Waals surface area contributed by atoms with E-state index in [1.54, 1.807) is 11.8 Å². The minimum atomic E-state index is 0.0904. The van der Waals surface area contributed by atoms with Crippen LogP contribution in [0.15, 0.2) is 41.7 Å². The quantitative estimate of drug-likeness (QED) is 0.612. The largest absolute Gasteiger partial charge is 0.337 e. The number of thioether (sulfide) groups is 1. The molecule has 0 N–H and O–H groups in total. The molecule has 1 saturated heterocycles. The van der Waals surface area contributed by atoms with Crippen molar-refractivity contribution in [3.05, 3.63) is 42.2 Å². The highest BCUT2D eigenvalue weighted by atomic mass is 32.2. The first kappa shape index (κ1) is 15.8.